The molecule has 1 aliphatic rings. The lowest BCUT2D eigenvalue weighted by Gasteiger charge is -2.36. The van der Waals surface area contributed by atoms with Crippen molar-refractivity contribution in [3.05, 3.63) is 28.8 Å². The summed E-state index contributed by atoms with van der Waals surface area (Å²) < 4.78 is 0. The van der Waals surface area contributed by atoms with Crippen LogP contribution in [0.3, 0.4) is 0 Å². The molecule has 0 bridgehead atoms. The number of nitriles is 1. The molecule has 1 aromatic carbocycles. The number of hydrogen-bond acceptors (Lipinski definition) is 4. The molecule has 1 heterocycles. The number of hydrogen-bond donors (Lipinski definition) is 2. The standard InChI is InChI=1S/C13H15ClN4O/c1-16-13(19)12-8-17-4-5-18(12)10-3-2-9(7-15)11(14)6-10/h2-3,6,12,17H,4-5,8H2,1H3,(H,16,19). The Morgan fingerprint density at radius 1 is 1.63 bits per heavy atom. The Hall–Kier alpha value is -1.77. The highest BCUT2D eigenvalue weighted by Crippen LogP contribution is 2.25. The zero-order valence-electron chi connectivity index (χ0n) is 10.6. The minimum Gasteiger partial charge on any atom is -0.357 e. The lowest BCUT2D eigenvalue weighted by molar-refractivity contribution is -0.122. The Labute approximate surface area is 117 Å². The van der Waals surface area contributed by atoms with Crippen molar-refractivity contribution in [2.45, 2.75) is 6.04 Å². The van der Waals surface area contributed by atoms with Crippen molar-refractivity contribution in [3.63, 3.8) is 0 Å². The van der Waals surface area contributed by atoms with Crippen molar-refractivity contribution in [1.29, 1.82) is 5.26 Å². The number of carbonyl (C=O) groups excluding carboxylic acids is 1. The summed E-state index contributed by atoms with van der Waals surface area (Å²) in [7, 11) is 1.63. The summed E-state index contributed by atoms with van der Waals surface area (Å²) in [6.45, 7) is 2.13. The minimum atomic E-state index is -0.261. The molecule has 0 saturated carbocycles. The van der Waals surface area contributed by atoms with E-state index in [9.17, 15) is 4.79 Å². The smallest absolute Gasteiger partial charge is 0.243 e. The number of amides is 1. The van der Waals surface area contributed by atoms with E-state index in [1.807, 2.05) is 17.0 Å². The summed E-state index contributed by atoms with van der Waals surface area (Å²) in [5.41, 5.74) is 1.30. The molecule has 19 heavy (non-hydrogen) atoms. The van der Waals surface area contributed by atoms with Crippen molar-refractivity contribution in [1.82, 2.24) is 10.6 Å². The molecule has 0 aliphatic carbocycles. The molecule has 1 saturated heterocycles. The first-order valence-corrected chi connectivity index (χ1v) is 6.43. The second kappa shape index (κ2) is 5.91. The summed E-state index contributed by atoms with van der Waals surface area (Å²) in [6.07, 6.45) is 0. The number of piperazine rings is 1. The maximum Gasteiger partial charge on any atom is 0.243 e. The fraction of sp³-hybridized carbons (Fsp3) is 0.385. The number of anilines is 1. The van der Waals surface area contributed by atoms with Crippen LogP contribution in [0.4, 0.5) is 5.69 Å². The first-order chi connectivity index (χ1) is 9.17. The molecule has 100 valence electrons. The highest BCUT2D eigenvalue weighted by atomic mass is 35.5. The van der Waals surface area contributed by atoms with Crippen molar-refractivity contribution >= 4 is 23.2 Å². The van der Waals surface area contributed by atoms with E-state index in [1.165, 1.54) is 0 Å². The van der Waals surface area contributed by atoms with Gasteiger partial charge in [0.2, 0.25) is 5.91 Å². The van der Waals surface area contributed by atoms with E-state index in [0.717, 1.165) is 18.8 Å². The third kappa shape index (κ3) is 2.80. The first-order valence-electron chi connectivity index (χ1n) is 6.06. The molecule has 1 aromatic rings. The van der Waals surface area contributed by atoms with Crippen LogP contribution in [0, 0.1) is 11.3 Å². The van der Waals surface area contributed by atoms with Gasteiger partial charge in [0.25, 0.3) is 0 Å². The summed E-state index contributed by atoms with van der Waals surface area (Å²) in [5, 5.41) is 15.2. The molecule has 6 heteroatoms. The van der Waals surface area contributed by atoms with Gasteiger partial charge in [-0.2, -0.15) is 5.26 Å². The number of carbonyl (C=O) groups is 1. The normalized spacial score (nSPS) is 18.8. The molecule has 2 N–H and O–H groups in total. The van der Waals surface area contributed by atoms with Crippen LogP contribution in [0.1, 0.15) is 5.56 Å². The average Bonchev–Trinajstić information content (AvgIpc) is 2.46. The Balaban J connectivity index is 2.30. The monoisotopic (exact) mass is 278 g/mol. The molecule has 1 unspecified atom stereocenters. The number of likely N-dealkylation sites (N-methyl/N-ethyl adjacent to an activating group) is 1. The van der Waals surface area contributed by atoms with Gasteiger partial charge in [0, 0.05) is 32.4 Å². The molecule has 1 amide bonds. The van der Waals surface area contributed by atoms with Gasteiger partial charge >= 0.3 is 0 Å². The maximum atomic E-state index is 11.9. The van der Waals surface area contributed by atoms with Crippen LogP contribution < -0.4 is 15.5 Å². The summed E-state index contributed by atoms with van der Waals surface area (Å²) in [4.78, 5) is 13.9. The molecule has 5 nitrogen and oxygen atoms in total. The SMILES string of the molecule is CNC(=O)C1CNCCN1c1ccc(C#N)c(Cl)c1. The van der Waals surface area contributed by atoms with Crippen LogP contribution in [0.15, 0.2) is 18.2 Å². The van der Waals surface area contributed by atoms with Crippen molar-refractivity contribution in [2.75, 3.05) is 31.6 Å². The summed E-state index contributed by atoms with van der Waals surface area (Å²) >= 11 is 6.04. The molecule has 1 atom stereocenters. The van der Waals surface area contributed by atoms with Gasteiger partial charge in [-0.3, -0.25) is 4.79 Å². The molecule has 0 radical (unpaired) electrons. The topological polar surface area (TPSA) is 68.2 Å². The van der Waals surface area contributed by atoms with Gasteiger partial charge in [-0.25, -0.2) is 0 Å². The number of rotatable bonds is 2. The van der Waals surface area contributed by atoms with Gasteiger partial charge in [0.05, 0.1) is 10.6 Å². The van der Waals surface area contributed by atoms with E-state index in [1.54, 1.807) is 19.2 Å². The third-order valence-electron chi connectivity index (χ3n) is 3.20. The van der Waals surface area contributed by atoms with Crippen molar-refractivity contribution < 1.29 is 4.79 Å². The molecular weight excluding hydrogens is 264 g/mol. The maximum absolute atomic E-state index is 11.9. The van der Waals surface area contributed by atoms with Gasteiger partial charge in [-0.05, 0) is 18.2 Å². The van der Waals surface area contributed by atoms with E-state index < -0.39 is 0 Å². The van der Waals surface area contributed by atoms with E-state index in [2.05, 4.69) is 10.6 Å². The number of benzene rings is 1. The highest BCUT2D eigenvalue weighted by molar-refractivity contribution is 6.32. The second-order valence-corrected chi connectivity index (χ2v) is 4.71. The lowest BCUT2D eigenvalue weighted by atomic mass is 10.1. The first kappa shape index (κ1) is 13.7. The van der Waals surface area contributed by atoms with E-state index in [0.29, 0.717) is 17.1 Å². The fourth-order valence-corrected chi connectivity index (χ4v) is 2.40. The quantitative estimate of drug-likeness (QED) is 0.837. The molecule has 1 aliphatic heterocycles. The fourth-order valence-electron chi connectivity index (χ4n) is 2.19. The Morgan fingerprint density at radius 3 is 3.05 bits per heavy atom. The van der Waals surface area contributed by atoms with Gasteiger partial charge in [-0.1, -0.05) is 11.6 Å². The van der Waals surface area contributed by atoms with Crippen LogP contribution in [-0.2, 0) is 4.79 Å². The summed E-state index contributed by atoms with van der Waals surface area (Å²) in [6, 6.07) is 7.01. The Morgan fingerprint density at radius 2 is 2.42 bits per heavy atom. The van der Waals surface area contributed by atoms with Gasteiger partial charge in [-0.15, -0.1) is 0 Å². The molecule has 0 aromatic heterocycles. The number of nitrogens with one attached hydrogen (secondary N) is 2. The predicted octanol–water partition coefficient (Wildman–Crippen LogP) is 0.736. The minimum absolute atomic E-state index is 0.0346. The van der Waals surface area contributed by atoms with E-state index in [4.69, 9.17) is 16.9 Å². The molecule has 2 rings (SSSR count). The van der Waals surface area contributed by atoms with Crippen molar-refractivity contribution in [2.24, 2.45) is 0 Å². The van der Waals surface area contributed by atoms with Crippen LogP contribution in [0.5, 0.6) is 0 Å². The molecule has 0 spiro atoms. The largest absolute Gasteiger partial charge is 0.357 e. The van der Waals surface area contributed by atoms with Crippen molar-refractivity contribution in [3.8, 4) is 6.07 Å². The van der Waals surface area contributed by atoms with Crippen LogP contribution >= 0.6 is 11.6 Å². The van der Waals surface area contributed by atoms with Crippen LogP contribution in [0.25, 0.3) is 0 Å². The second-order valence-electron chi connectivity index (χ2n) is 4.30. The zero-order valence-corrected chi connectivity index (χ0v) is 11.4. The zero-order chi connectivity index (χ0) is 13.8. The third-order valence-corrected chi connectivity index (χ3v) is 3.51. The van der Waals surface area contributed by atoms with Gasteiger partial charge in [0.15, 0.2) is 0 Å². The lowest BCUT2D eigenvalue weighted by Crippen LogP contribution is -2.57. The Kier molecular flexibility index (Phi) is 4.25. The number of halogens is 1. The van der Waals surface area contributed by atoms with Gasteiger partial charge < -0.3 is 15.5 Å². The van der Waals surface area contributed by atoms with Crippen LogP contribution in [-0.4, -0.2) is 38.6 Å². The van der Waals surface area contributed by atoms with Crippen LogP contribution in [0.2, 0.25) is 5.02 Å². The highest BCUT2D eigenvalue weighted by Gasteiger charge is 2.28. The number of nitrogens with zero attached hydrogens (tertiary/aromatic N) is 2. The summed E-state index contributed by atoms with van der Waals surface area (Å²) in [5.74, 6) is -0.0346. The molecule has 1 fully saturated rings. The molecular formula is C13H15ClN4O. The predicted molar refractivity (Wildman–Crippen MR) is 74.2 cm³/mol. The van der Waals surface area contributed by atoms with E-state index >= 15 is 0 Å². The van der Waals surface area contributed by atoms with E-state index in [-0.39, 0.29) is 11.9 Å². The van der Waals surface area contributed by atoms with Gasteiger partial charge in [0.1, 0.15) is 12.1 Å². The average molecular weight is 279 g/mol. The Bertz CT molecular complexity index is 526.